The lowest BCUT2D eigenvalue weighted by Crippen LogP contribution is -2.36. The lowest BCUT2D eigenvalue weighted by molar-refractivity contribution is -0.385. The van der Waals surface area contributed by atoms with Crippen molar-refractivity contribution in [2.45, 2.75) is 45.7 Å². The minimum Gasteiger partial charge on any atom is -0.359 e. The van der Waals surface area contributed by atoms with Crippen molar-refractivity contribution in [2.24, 2.45) is 4.99 Å². The van der Waals surface area contributed by atoms with E-state index in [1.165, 1.54) is 6.07 Å². The summed E-state index contributed by atoms with van der Waals surface area (Å²) >= 11 is 0. The molecule has 8 nitrogen and oxygen atoms in total. The maximum atomic E-state index is 11.1. The molecule has 2 rings (SSSR count). The fourth-order valence-corrected chi connectivity index (χ4v) is 2.72. The molecule has 0 radical (unpaired) electrons. The standard InChI is InChI=1S/C18H25N5O3/c1-4-13(5-2)16-10-15(26-22-16)12-21-18(19-3)20-11-14-8-6-7-9-17(14)23(24)25/h6-10,13H,4-5,11-12H2,1-3H3,(H2,19,20,21). The topological polar surface area (TPSA) is 106 Å². The molecular weight excluding hydrogens is 334 g/mol. The normalized spacial score (nSPS) is 11.6. The van der Waals surface area contributed by atoms with Gasteiger partial charge in [-0.3, -0.25) is 15.1 Å². The molecule has 0 bridgehead atoms. The Bertz CT molecular complexity index is 753. The van der Waals surface area contributed by atoms with Crippen molar-refractivity contribution in [1.82, 2.24) is 15.8 Å². The van der Waals surface area contributed by atoms with Crippen LogP contribution in [0.25, 0.3) is 0 Å². The van der Waals surface area contributed by atoms with Crippen molar-refractivity contribution in [3.8, 4) is 0 Å². The minimum atomic E-state index is -0.388. The first kappa shape index (κ1) is 19.4. The van der Waals surface area contributed by atoms with E-state index < -0.39 is 0 Å². The summed E-state index contributed by atoms with van der Waals surface area (Å²) in [7, 11) is 1.64. The molecule has 26 heavy (non-hydrogen) atoms. The molecule has 0 saturated heterocycles. The van der Waals surface area contributed by atoms with Crippen LogP contribution in [-0.4, -0.2) is 23.1 Å². The maximum Gasteiger partial charge on any atom is 0.274 e. The Labute approximate surface area is 152 Å². The summed E-state index contributed by atoms with van der Waals surface area (Å²) in [6.07, 6.45) is 2.05. The van der Waals surface area contributed by atoms with E-state index in [1.54, 1.807) is 25.2 Å². The van der Waals surface area contributed by atoms with Gasteiger partial charge in [0.25, 0.3) is 5.69 Å². The lowest BCUT2D eigenvalue weighted by Gasteiger charge is -2.11. The number of guanidine groups is 1. The Balaban J connectivity index is 1.92. The summed E-state index contributed by atoms with van der Waals surface area (Å²) in [6, 6.07) is 8.59. The molecule has 2 aromatic rings. The molecule has 0 aliphatic carbocycles. The molecule has 140 valence electrons. The molecular formula is C18H25N5O3. The highest BCUT2D eigenvalue weighted by Gasteiger charge is 2.14. The van der Waals surface area contributed by atoms with E-state index in [1.807, 2.05) is 6.07 Å². The summed E-state index contributed by atoms with van der Waals surface area (Å²) in [5, 5.41) is 21.4. The summed E-state index contributed by atoms with van der Waals surface area (Å²) in [4.78, 5) is 14.8. The first-order valence-electron chi connectivity index (χ1n) is 8.71. The van der Waals surface area contributed by atoms with Gasteiger partial charge >= 0.3 is 0 Å². The summed E-state index contributed by atoms with van der Waals surface area (Å²) in [5.41, 5.74) is 1.64. The smallest absolute Gasteiger partial charge is 0.274 e. The number of aliphatic imine (C=N–C) groups is 1. The van der Waals surface area contributed by atoms with E-state index in [-0.39, 0.29) is 10.6 Å². The number of nitro groups is 1. The molecule has 0 saturated carbocycles. The SMILES string of the molecule is CCC(CC)c1cc(CNC(=NC)NCc2ccccc2[N+](=O)[O-])on1. The van der Waals surface area contributed by atoms with E-state index in [2.05, 4.69) is 34.6 Å². The van der Waals surface area contributed by atoms with Gasteiger partial charge in [0.1, 0.15) is 0 Å². The van der Waals surface area contributed by atoms with Crippen molar-refractivity contribution in [3.05, 3.63) is 57.5 Å². The first-order chi connectivity index (χ1) is 12.6. The van der Waals surface area contributed by atoms with E-state index in [0.717, 1.165) is 24.3 Å². The number of nitro benzene ring substituents is 1. The fourth-order valence-electron chi connectivity index (χ4n) is 2.72. The third-order valence-corrected chi connectivity index (χ3v) is 4.27. The molecule has 0 atom stereocenters. The van der Waals surface area contributed by atoms with Crippen LogP contribution in [0.15, 0.2) is 39.8 Å². The third-order valence-electron chi connectivity index (χ3n) is 4.27. The number of para-hydroxylation sites is 1. The van der Waals surface area contributed by atoms with Crippen LogP contribution in [0, 0.1) is 10.1 Å². The number of rotatable bonds is 8. The second-order valence-corrected chi connectivity index (χ2v) is 5.90. The molecule has 2 N–H and O–H groups in total. The van der Waals surface area contributed by atoms with E-state index >= 15 is 0 Å². The average Bonchev–Trinajstić information content (AvgIpc) is 3.12. The van der Waals surface area contributed by atoms with Crippen LogP contribution in [0.2, 0.25) is 0 Å². The van der Waals surface area contributed by atoms with Gasteiger partial charge in [-0.2, -0.15) is 0 Å². The predicted octanol–water partition coefficient (Wildman–Crippen LogP) is 3.35. The largest absolute Gasteiger partial charge is 0.359 e. The van der Waals surface area contributed by atoms with Crippen LogP contribution in [0.4, 0.5) is 5.69 Å². The number of nitrogens with one attached hydrogen (secondary N) is 2. The highest BCUT2D eigenvalue weighted by atomic mass is 16.6. The number of nitrogens with zero attached hydrogens (tertiary/aromatic N) is 3. The lowest BCUT2D eigenvalue weighted by atomic mass is 9.99. The Morgan fingerprint density at radius 1 is 1.27 bits per heavy atom. The summed E-state index contributed by atoms with van der Waals surface area (Å²) in [6.45, 7) is 5.00. The van der Waals surface area contributed by atoms with Crippen LogP contribution in [-0.2, 0) is 13.1 Å². The van der Waals surface area contributed by atoms with Crippen LogP contribution in [0.5, 0.6) is 0 Å². The number of hydrogen-bond acceptors (Lipinski definition) is 5. The van der Waals surface area contributed by atoms with E-state index in [4.69, 9.17) is 4.52 Å². The van der Waals surface area contributed by atoms with Gasteiger partial charge in [0, 0.05) is 37.2 Å². The second kappa shape index (κ2) is 9.55. The van der Waals surface area contributed by atoms with Crippen LogP contribution < -0.4 is 10.6 Å². The molecule has 0 aliphatic heterocycles. The molecule has 1 aromatic carbocycles. The van der Waals surface area contributed by atoms with Gasteiger partial charge < -0.3 is 15.2 Å². The van der Waals surface area contributed by atoms with Crippen molar-refractivity contribution in [2.75, 3.05) is 7.05 Å². The molecule has 1 aromatic heterocycles. The molecule has 0 amide bonds. The van der Waals surface area contributed by atoms with Crippen LogP contribution in [0.1, 0.15) is 49.6 Å². The van der Waals surface area contributed by atoms with E-state index in [9.17, 15) is 10.1 Å². The number of hydrogen-bond donors (Lipinski definition) is 2. The zero-order valence-corrected chi connectivity index (χ0v) is 15.4. The average molecular weight is 359 g/mol. The molecule has 0 spiro atoms. The monoisotopic (exact) mass is 359 g/mol. The highest BCUT2D eigenvalue weighted by Crippen LogP contribution is 2.22. The van der Waals surface area contributed by atoms with Gasteiger partial charge in [0.2, 0.25) is 0 Å². The summed E-state index contributed by atoms with van der Waals surface area (Å²) < 4.78 is 5.37. The Morgan fingerprint density at radius 3 is 2.62 bits per heavy atom. The Kier molecular flexibility index (Phi) is 7.13. The van der Waals surface area contributed by atoms with Crippen LogP contribution in [0.3, 0.4) is 0 Å². The first-order valence-corrected chi connectivity index (χ1v) is 8.71. The van der Waals surface area contributed by atoms with Gasteiger partial charge in [-0.15, -0.1) is 0 Å². The zero-order valence-electron chi connectivity index (χ0n) is 15.4. The fraction of sp³-hybridized carbons (Fsp3) is 0.444. The molecule has 1 heterocycles. The second-order valence-electron chi connectivity index (χ2n) is 5.90. The molecule has 8 heteroatoms. The van der Waals surface area contributed by atoms with Crippen molar-refractivity contribution in [1.29, 1.82) is 0 Å². The number of aromatic nitrogens is 1. The van der Waals surface area contributed by atoms with Crippen molar-refractivity contribution in [3.63, 3.8) is 0 Å². The predicted molar refractivity (Wildman–Crippen MR) is 100.0 cm³/mol. The van der Waals surface area contributed by atoms with Crippen molar-refractivity contribution < 1.29 is 9.45 Å². The van der Waals surface area contributed by atoms with Gasteiger partial charge in [-0.25, -0.2) is 0 Å². The quantitative estimate of drug-likeness (QED) is 0.324. The zero-order chi connectivity index (χ0) is 18.9. The maximum absolute atomic E-state index is 11.1. The van der Waals surface area contributed by atoms with Crippen LogP contribution >= 0.6 is 0 Å². The Hall–Kier alpha value is -2.90. The van der Waals surface area contributed by atoms with Gasteiger partial charge in [0.15, 0.2) is 11.7 Å². The van der Waals surface area contributed by atoms with E-state index in [0.29, 0.717) is 30.5 Å². The molecule has 0 aliphatic rings. The highest BCUT2D eigenvalue weighted by molar-refractivity contribution is 5.79. The minimum absolute atomic E-state index is 0.0838. The Morgan fingerprint density at radius 2 is 1.96 bits per heavy atom. The molecule has 0 unspecified atom stereocenters. The van der Waals surface area contributed by atoms with Gasteiger partial charge in [-0.1, -0.05) is 37.2 Å². The third kappa shape index (κ3) is 5.05. The molecule has 0 fully saturated rings. The van der Waals surface area contributed by atoms with Gasteiger partial charge in [-0.05, 0) is 12.8 Å². The van der Waals surface area contributed by atoms with Crippen molar-refractivity contribution >= 4 is 11.6 Å². The van der Waals surface area contributed by atoms with Gasteiger partial charge in [0.05, 0.1) is 17.2 Å². The summed E-state index contributed by atoms with van der Waals surface area (Å²) in [5.74, 6) is 1.66. The number of benzene rings is 1.